The van der Waals surface area contributed by atoms with Crippen molar-refractivity contribution in [2.45, 2.75) is 12.8 Å². The Hall–Kier alpha value is -1.10. The number of amides is 1. The van der Waals surface area contributed by atoms with Gasteiger partial charge in [0.05, 0.1) is 18.4 Å². The molecule has 1 aromatic rings. The third-order valence-electron chi connectivity index (χ3n) is 2.96. The predicted octanol–water partition coefficient (Wildman–Crippen LogP) is 1.90. The van der Waals surface area contributed by atoms with Gasteiger partial charge in [0.25, 0.3) is 0 Å². The second-order valence-electron chi connectivity index (χ2n) is 4.31. The zero-order valence-electron chi connectivity index (χ0n) is 9.90. The van der Waals surface area contributed by atoms with Crippen molar-refractivity contribution in [2.75, 3.05) is 31.6 Å². The average Bonchev–Trinajstić information content (AvgIpc) is 2.82. The van der Waals surface area contributed by atoms with Crippen LogP contribution in [0.25, 0.3) is 0 Å². The molecule has 1 fully saturated rings. The second kappa shape index (κ2) is 5.49. The van der Waals surface area contributed by atoms with Gasteiger partial charge < -0.3 is 9.80 Å². The number of halogens is 1. The van der Waals surface area contributed by atoms with Crippen LogP contribution < -0.4 is 4.90 Å². The molecule has 0 unspecified atom stereocenters. The summed E-state index contributed by atoms with van der Waals surface area (Å²) in [6.45, 7) is 2.23. The van der Waals surface area contributed by atoms with E-state index in [1.165, 1.54) is 0 Å². The highest BCUT2D eigenvalue weighted by molar-refractivity contribution is 9.10. The molecule has 0 bridgehead atoms. The molecule has 92 valence electrons. The molecule has 0 aliphatic carbocycles. The lowest BCUT2D eigenvalue weighted by Crippen LogP contribution is -2.37. The molecule has 2 heterocycles. The topological polar surface area (TPSA) is 36.4 Å². The fourth-order valence-electron chi connectivity index (χ4n) is 1.97. The molecule has 1 aliphatic heterocycles. The molecule has 1 aromatic heterocycles. The van der Waals surface area contributed by atoms with E-state index < -0.39 is 0 Å². The summed E-state index contributed by atoms with van der Waals surface area (Å²) < 4.78 is 0.926. The van der Waals surface area contributed by atoms with Gasteiger partial charge >= 0.3 is 0 Å². The Morgan fingerprint density at radius 3 is 2.82 bits per heavy atom. The molecule has 0 saturated carbocycles. The number of aromatic nitrogens is 1. The van der Waals surface area contributed by atoms with E-state index in [1.54, 1.807) is 12.4 Å². The summed E-state index contributed by atoms with van der Waals surface area (Å²) in [5.41, 5.74) is 0.951. The molecule has 0 aromatic carbocycles. The molecule has 1 amide bonds. The predicted molar refractivity (Wildman–Crippen MR) is 71.0 cm³/mol. The highest BCUT2D eigenvalue weighted by Crippen LogP contribution is 2.17. The lowest BCUT2D eigenvalue weighted by atomic mass is 10.3. The van der Waals surface area contributed by atoms with E-state index in [0.717, 1.165) is 36.1 Å². The van der Waals surface area contributed by atoms with E-state index in [0.29, 0.717) is 6.54 Å². The summed E-state index contributed by atoms with van der Waals surface area (Å²) in [7, 11) is 1.91. The van der Waals surface area contributed by atoms with Crippen molar-refractivity contribution in [1.82, 2.24) is 9.88 Å². The van der Waals surface area contributed by atoms with Crippen LogP contribution in [0.1, 0.15) is 12.8 Å². The smallest absolute Gasteiger partial charge is 0.242 e. The first-order valence-electron chi connectivity index (χ1n) is 5.76. The van der Waals surface area contributed by atoms with Crippen LogP contribution in [0, 0.1) is 0 Å². The van der Waals surface area contributed by atoms with Crippen molar-refractivity contribution in [3.63, 3.8) is 0 Å². The zero-order chi connectivity index (χ0) is 12.3. The molecule has 5 heteroatoms. The highest BCUT2D eigenvalue weighted by Gasteiger charge is 2.19. The van der Waals surface area contributed by atoms with E-state index in [9.17, 15) is 4.79 Å². The number of carbonyl (C=O) groups is 1. The molecule has 0 radical (unpaired) electrons. The van der Waals surface area contributed by atoms with Crippen molar-refractivity contribution in [3.8, 4) is 0 Å². The van der Waals surface area contributed by atoms with Crippen LogP contribution in [0.5, 0.6) is 0 Å². The van der Waals surface area contributed by atoms with Gasteiger partial charge in [-0.2, -0.15) is 0 Å². The Balaban J connectivity index is 1.96. The summed E-state index contributed by atoms with van der Waals surface area (Å²) in [4.78, 5) is 19.9. The number of carbonyl (C=O) groups excluding carboxylic acids is 1. The fourth-order valence-corrected chi connectivity index (χ4v) is 2.32. The van der Waals surface area contributed by atoms with Gasteiger partial charge in [-0.1, -0.05) is 0 Å². The van der Waals surface area contributed by atoms with Crippen LogP contribution in [-0.4, -0.2) is 42.5 Å². The van der Waals surface area contributed by atoms with Crippen molar-refractivity contribution in [3.05, 3.63) is 22.9 Å². The Morgan fingerprint density at radius 2 is 2.18 bits per heavy atom. The molecular formula is C12H16BrN3O. The summed E-state index contributed by atoms with van der Waals surface area (Å²) in [5.74, 6) is 0.199. The van der Waals surface area contributed by atoms with Gasteiger partial charge in [-0.15, -0.1) is 0 Å². The number of hydrogen-bond acceptors (Lipinski definition) is 3. The summed E-state index contributed by atoms with van der Waals surface area (Å²) >= 11 is 3.38. The van der Waals surface area contributed by atoms with E-state index in [2.05, 4.69) is 20.9 Å². The Kier molecular flexibility index (Phi) is 3.99. The van der Waals surface area contributed by atoms with Gasteiger partial charge in [-0.25, -0.2) is 0 Å². The summed E-state index contributed by atoms with van der Waals surface area (Å²) in [6.07, 6.45) is 5.77. The van der Waals surface area contributed by atoms with Crippen molar-refractivity contribution >= 4 is 27.5 Å². The van der Waals surface area contributed by atoms with Crippen LogP contribution in [0.15, 0.2) is 22.9 Å². The number of likely N-dealkylation sites (tertiary alicyclic amines) is 1. The number of anilines is 1. The lowest BCUT2D eigenvalue weighted by Gasteiger charge is -2.22. The molecule has 0 N–H and O–H groups in total. The van der Waals surface area contributed by atoms with Crippen molar-refractivity contribution < 1.29 is 4.79 Å². The van der Waals surface area contributed by atoms with Gasteiger partial charge in [-0.3, -0.25) is 9.78 Å². The van der Waals surface area contributed by atoms with Gasteiger partial charge in [0.15, 0.2) is 0 Å². The standard InChI is InChI=1S/C12H16BrN3O/c1-15(11-6-10(13)7-14-8-11)9-12(17)16-4-2-3-5-16/h6-8H,2-5,9H2,1H3. The quantitative estimate of drug-likeness (QED) is 0.855. The van der Waals surface area contributed by atoms with Crippen molar-refractivity contribution in [2.24, 2.45) is 0 Å². The Bertz CT molecular complexity index is 404. The maximum Gasteiger partial charge on any atom is 0.242 e. The molecule has 0 spiro atoms. The number of nitrogens with zero attached hydrogens (tertiary/aromatic N) is 3. The van der Waals surface area contributed by atoms with Crippen LogP contribution in [0.3, 0.4) is 0 Å². The molecule has 1 aliphatic rings. The monoisotopic (exact) mass is 297 g/mol. The maximum atomic E-state index is 12.0. The molecule has 4 nitrogen and oxygen atoms in total. The summed E-state index contributed by atoms with van der Waals surface area (Å²) in [5, 5.41) is 0. The first kappa shape index (κ1) is 12.4. The van der Waals surface area contributed by atoms with E-state index in [-0.39, 0.29) is 5.91 Å². The first-order valence-corrected chi connectivity index (χ1v) is 6.55. The minimum absolute atomic E-state index is 0.199. The van der Waals surface area contributed by atoms with Gasteiger partial charge in [0.2, 0.25) is 5.91 Å². The number of pyridine rings is 1. The third-order valence-corrected chi connectivity index (χ3v) is 3.40. The zero-order valence-corrected chi connectivity index (χ0v) is 11.5. The molecule has 17 heavy (non-hydrogen) atoms. The van der Waals surface area contributed by atoms with Crippen LogP contribution in [-0.2, 0) is 4.79 Å². The molecule has 2 rings (SSSR count). The van der Waals surface area contributed by atoms with E-state index in [4.69, 9.17) is 0 Å². The second-order valence-corrected chi connectivity index (χ2v) is 5.22. The molecule has 1 saturated heterocycles. The number of hydrogen-bond donors (Lipinski definition) is 0. The minimum atomic E-state index is 0.199. The van der Waals surface area contributed by atoms with Gasteiger partial charge in [0, 0.05) is 30.8 Å². The first-order chi connectivity index (χ1) is 8.16. The highest BCUT2D eigenvalue weighted by atomic mass is 79.9. The Labute approximate surface area is 110 Å². The van der Waals surface area contributed by atoms with Crippen LogP contribution in [0.4, 0.5) is 5.69 Å². The minimum Gasteiger partial charge on any atom is -0.364 e. The average molecular weight is 298 g/mol. The normalized spacial score (nSPS) is 15.1. The SMILES string of the molecule is CN(CC(=O)N1CCCC1)c1cncc(Br)c1. The van der Waals surface area contributed by atoms with Crippen LogP contribution >= 0.6 is 15.9 Å². The number of likely N-dealkylation sites (N-methyl/N-ethyl adjacent to an activating group) is 1. The third kappa shape index (κ3) is 3.19. The fraction of sp³-hybridized carbons (Fsp3) is 0.500. The Morgan fingerprint density at radius 1 is 1.47 bits per heavy atom. The van der Waals surface area contributed by atoms with Gasteiger partial charge in [-0.05, 0) is 34.8 Å². The van der Waals surface area contributed by atoms with Crippen molar-refractivity contribution in [1.29, 1.82) is 0 Å². The molecule has 0 atom stereocenters. The van der Waals surface area contributed by atoms with E-state index in [1.807, 2.05) is 22.9 Å². The lowest BCUT2D eigenvalue weighted by molar-refractivity contribution is -0.128. The molecular weight excluding hydrogens is 282 g/mol. The maximum absolute atomic E-state index is 12.0. The van der Waals surface area contributed by atoms with Crippen LogP contribution in [0.2, 0.25) is 0 Å². The van der Waals surface area contributed by atoms with E-state index >= 15 is 0 Å². The summed E-state index contributed by atoms with van der Waals surface area (Å²) in [6, 6.07) is 1.96. The van der Waals surface area contributed by atoms with Gasteiger partial charge in [0.1, 0.15) is 0 Å². The number of rotatable bonds is 3. The largest absolute Gasteiger partial charge is 0.364 e.